The Labute approximate surface area is 121 Å². The number of hydrogen-bond donors (Lipinski definition) is 1. The average Bonchev–Trinajstić information content (AvgIpc) is 2.35. The number of carbonyl (C=O) groups excluding carboxylic acids is 1. The Morgan fingerprint density at radius 3 is 2.24 bits per heavy atom. The molecule has 1 N–H and O–H groups in total. The summed E-state index contributed by atoms with van der Waals surface area (Å²) in [5.41, 5.74) is 0.397. The van der Waals surface area contributed by atoms with Crippen LogP contribution in [0.25, 0.3) is 0 Å². The number of nitrogens with one attached hydrogen (secondary N) is 1. The zero-order chi connectivity index (χ0) is 16.1. The number of ketones is 1. The highest BCUT2D eigenvalue weighted by atomic mass is 32.2. The monoisotopic (exact) mass is 323 g/mol. The van der Waals surface area contributed by atoms with Gasteiger partial charge in [0.25, 0.3) is 0 Å². The van der Waals surface area contributed by atoms with Crippen molar-refractivity contribution in [3.63, 3.8) is 0 Å². The van der Waals surface area contributed by atoms with Crippen molar-refractivity contribution in [3.05, 3.63) is 29.8 Å². The number of alkyl halides is 3. The van der Waals surface area contributed by atoms with E-state index in [1.165, 1.54) is 24.3 Å². The van der Waals surface area contributed by atoms with Gasteiger partial charge in [0.15, 0.2) is 5.78 Å². The molecule has 0 bridgehead atoms. The second kappa shape index (κ2) is 6.93. The summed E-state index contributed by atoms with van der Waals surface area (Å²) in [6, 6.07) is 5.33. The minimum Gasteiger partial charge on any atom is -0.294 e. The molecule has 1 aromatic carbocycles. The van der Waals surface area contributed by atoms with Gasteiger partial charge in [-0.2, -0.15) is 13.2 Å². The number of halogens is 3. The summed E-state index contributed by atoms with van der Waals surface area (Å²) in [7, 11) is -3.43. The van der Waals surface area contributed by atoms with Crippen LogP contribution in [-0.2, 0) is 10.0 Å². The Hall–Kier alpha value is -1.57. The van der Waals surface area contributed by atoms with Crippen molar-refractivity contribution in [2.45, 2.75) is 32.4 Å². The van der Waals surface area contributed by atoms with Gasteiger partial charge in [0, 0.05) is 17.7 Å². The normalized spacial score (nSPS) is 12.2. The maximum absolute atomic E-state index is 12.0. The van der Waals surface area contributed by atoms with Crippen molar-refractivity contribution in [2.75, 3.05) is 10.5 Å². The predicted molar refractivity (Wildman–Crippen MR) is 73.8 cm³/mol. The van der Waals surface area contributed by atoms with Crippen LogP contribution in [0.1, 0.15) is 36.5 Å². The minimum absolute atomic E-state index is 0.0285. The predicted octanol–water partition coefficient (Wildman–Crippen LogP) is 3.36. The first-order chi connectivity index (χ1) is 9.63. The van der Waals surface area contributed by atoms with Crippen LogP contribution >= 0.6 is 0 Å². The first-order valence-electron chi connectivity index (χ1n) is 6.33. The molecule has 1 rings (SSSR count). The number of hydrogen-bond acceptors (Lipinski definition) is 3. The van der Waals surface area contributed by atoms with E-state index in [1.807, 2.05) is 0 Å². The van der Waals surface area contributed by atoms with Crippen LogP contribution in [0.4, 0.5) is 18.9 Å². The fraction of sp³-hybridized carbons (Fsp3) is 0.462. The van der Waals surface area contributed by atoms with Gasteiger partial charge in [-0.3, -0.25) is 9.52 Å². The van der Waals surface area contributed by atoms with E-state index in [9.17, 15) is 26.4 Å². The zero-order valence-corrected chi connectivity index (χ0v) is 12.2. The summed E-state index contributed by atoms with van der Waals surface area (Å²) in [4.78, 5) is 11.6. The van der Waals surface area contributed by atoms with Gasteiger partial charge in [0.05, 0.1) is 12.2 Å². The topological polar surface area (TPSA) is 63.2 Å². The number of rotatable bonds is 7. The highest BCUT2D eigenvalue weighted by Gasteiger charge is 2.28. The molecule has 0 saturated carbocycles. The molecule has 0 atom stereocenters. The lowest BCUT2D eigenvalue weighted by Crippen LogP contribution is -2.16. The molecule has 0 aliphatic carbocycles. The van der Waals surface area contributed by atoms with Gasteiger partial charge in [-0.1, -0.05) is 6.92 Å². The first-order valence-corrected chi connectivity index (χ1v) is 7.99. The Kier molecular flexibility index (Phi) is 5.77. The summed E-state index contributed by atoms with van der Waals surface area (Å²) in [6.45, 7) is 1.72. The fourth-order valence-corrected chi connectivity index (χ4v) is 2.76. The first kappa shape index (κ1) is 17.5. The largest absolute Gasteiger partial charge is 0.389 e. The van der Waals surface area contributed by atoms with Crippen molar-refractivity contribution in [3.8, 4) is 0 Å². The van der Waals surface area contributed by atoms with Gasteiger partial charge in [0.1, 0.15) is 0 Å². The Balaban J connectivity index is 2.68. The highest BCUT2D eigenvalue weighted by Crippen LogP contribution is 2.23. The van der Waals surface area contributed by atoms with E-state index >= 15 is 0 Å². The van der Waals surface area contributed by atoms with Crippen molar-refractivity contribution >= 4 is 21.5 Å². The van der Waals surface area contributed by atoms with E-state index in [0.29, 0.717) is 6.42 Å². The van der Waals surface area contributed by atoms with E-state index in [4.69, 9.17) is 0 Å². The maximum Gasteiger partial charge on any atom is 0.389 e. The van der Waals surface area contributed by atoms with Crippen LogP contribution in [0.5, 0.6) is 0 Å². The molecule has 4 nitrogen and oxygen atoms in total. The van der Waals surface area contributed by atoms with Crippen LogP contribution in [0.15, 0.2) is 24.3 Å². The maximum atomic E-state index is 12.0. The van der Waals surface area contributed by atoms with Gasteiger partial charge in [0.2, 0.25) is 10.0 Å². The van der Waals surface area contributed by atoms with Crippen LogP contribution in [-0.4, -0.2) is 26.1 Å². The smallest absolute Gasteiger partial charge is 0.294 e. The molecule has 0 unspecified atom stereocenters. The molecule has 21 heavy (non-hydrogen) atoms. The van der Waals surface area contributed by atoms with E-state index in [1.54, 1.807) is 6.92 Å². The van der Waals surface area contributed by atoms with Gasteiger partial charge in [-0.05, 0) is 30.7 Å². The number of benzene rings is 1. The van der Waals surface area contributed by atoms with Gasteiger partial charge in [-0.25, -0.2) is 8.42 Å². The summed E-state index contributed by atoms with van der Waals surface area (Å²) in [6.07, 6.45) is -5.70. The molecular weight excluding hydrogens is 307 g/mol. The van der Waals surface area contributed by atoms with E-state index in [2.05, 4.69) is 4.72 Å². The van der Waals surface area contributed by atoms with Crippen molar-refractivity contribution in [1.29, 1.82) is 0 Å². The second-order valence-corrected chi connectivity index (χ2v) is 6.38. The molecule has 0 aliphatic rings. The molecule has 0 amide bonds. The lowest BCUT2D eigenvalue weighted by atomic mass is 10.1. The van der Waals surface area contributed by atoms with E-state index < -0.39 is 34.8 Å². The Bertz CT molecular complexity index is 580. The molecule has 1 aromatic rings. The van der Waals surface area contributed by atoms with Gasteiger partial charge < -0.3 is 0 Å². The average molecular weight is 323 g/mol. The lowest BCUT2D eigenvalue weighted by Gasteiger charge is -2.08. The van der Waals surface area contributed by atoms with Crippen LogP contribution in [0.2, 0.25) is 0 Å². The molecule has 0 spiro atoms. The molecule has 0 aromatic heterocycles. The van der Waals surface area contributed by atoms with Crippen molar-refractivity contribution < 1.29 is 26.4 Å². The number of Topliss-reactive ketones (excluding diaryl/α,β-unsaturated/α-hetero) is 1. The second-order valence-electron chi connectivity index (χ2n) is 4.54. The molecule has 0 fully saturated rings. The van der Waals surface area contributed by atoms with Crippen LogP contribution < -0.4 is 4.72 Å². The van der Waals surface area contributed by atoms with Gasteiger partial charge >= 0.3 is 6.18 Å². The minimum atomic E-state index is -4.37. The third-order valence-corrected chi connectivity index (χ3v) is 4.08. The van der Waals surface area contributed by atoms with Crippen molar-refractivity contribution in [2.24, 2.45) is 0 Å². The molecule has 0 heterocycles. The van der Waals surface area contributed by atoms with Crippen molar-refractivity contribution in [1.82, 2.24) is 0 Å². The summed E-state index contributed by atoms with van der Waals surface area (Å²) in [5, 5.41) is 0. The summed E-state index contributed by atoms with van der Waals surface area (Å²) >= 11 is 0. The molecule has 118 valence electrons. The molecule has 0 saturated heterocycles. The molecular formula is C13H16F3NO3S. The third-order valence-electron chi connectivity index (χ3n) is 2.59. The van der Waals surface area contributed by atoms with Crippen LogP contribution in [0, 0.1) is 0 Å². The molecule has 8 heteroatoms. The van der Waals surface area contributed by atoms with Crippen LogP contribution in [0.3, 0.4) is 0 Å². The highest BCUT2D eigenvalue weighted by molar-refractivity contribution is 7.92. The third kappa shape index (κ3) is 6.61. The van der Waals surface area contributed by atoms with E-state index in [-0.39, 0.29) is 17.0 Å². The summed E-state index contributed by atoms with van der Waals surface area (Å²) < 4.78 is 61.5. The summed E-state index contributed by atoms with van der Waals surface area (Å²) in [5.74, 6) is -0.658. The number of carbonyl (C=O) groups is 1. The fourth-order valence-electron chi connectivity index (χ4n) is 1.62. The number of sulfonamides is 1. The Morgan fingerprint density at radius 2 is 1.76 bits per heavy atom. The quantitative estimate of drug-likeness (QED) is 0.783. The molecule has 0 radical (unpaired) electrons. The SMILES string of the molecule is CCCS(=O)(=O)Nc1ccc(C(=O)CCC(F)(F)F)cc1. The van der Waals surface area contributed by atoms with Gasteiger partial charge in [-0.15, -0.1) is 0 Å². The lowest BCUT2D eigenvalue weighted by molar-refractivity contribution is -0.133. The zero-order valence-electron chi connectivity index (χ0n) is 11.4. The molecule has 0 aliphatic heterocycles. The Morgan fingerprint density at radius 1 is 1.19 bits per heavy atom. The standard InChI is InChI=1S/C13H16F3NO3S/c1-2-9-21(19,20)17-11-5-3-10(4-6-11)12(18)7-8-13(14,15)16/h3-6,17H,2,7-9H2,1H3. The van der Waals surface area contributed by atoms with E-state index in [0.717, 1.165) is 0 Å². The number of anilines is 1.